The summed E-state index contributed by atoms with van der Waals surface area (Å²) < 4.78 is 28.5. The molecule has 0 fully saturated rings. The molecule has 7 nitrogen and oxygen atoms in total. The molecule has 0 radical (unpaired) electrons. The van der Waals surface area contributed by atoms with Crippen molar-refractivity contribution in [1.29, 1.82) is 0 Å². The Hall–Kier alpha value is -3.36. The van der Waals surface area contributed by atoms with Crippen LogP contribution in [0.3, 0.4) is 0 Å². The van der Waals surface area contributed by atoms with Gasteiger partial charge in [0.15, 0.2) is 0 Å². The molecule has 0 spiro atoms. The lowest BCUT2D eigenvalue weighted by molar-refractivity contribution is -0.139. The lowest BCUT2D eigenvalue weighted by Crippen LogP contribution is -2.52. The summed E-state index contributed by atoms with van der Waals surface area (Å²) >= 11 is 5.98. The first-order valence-electron chi connectivity index (χ1n) is 12.5. The van der Waals surface area contributed by atoms with Gasteiger partial charge in [0, 0.05) is 17.6 Å². The number of para-hydroxylation sites is 1. The molecule has 38 heavy (non-hydrogen) atoms. The molecule has 202 valence electrons. The highest BCUT2D eigenvalue weighted by Crippen LogP contribution is 2.25. The zero-order chi connectivity index (χ0) is 27.9. The maximum atomic E-state index is 13.9. The number of hydrogen-bond acceptors (Lipinski definition) is 4. The molecule has 0 unspecified atom stereocenters. The van der Waals surface area contributed by atoms with Crippen molar-refractivity contribution < 1.29 is 18.0 Å². The molecular formula is C29H34ClN3O4S. The molecule has 0 aliphatic carbocycles. The molecule has 2 atom stereocenters. The molecule has 0 heterocycles. The second-order valence-corrected chi connectivity index (χ2v) is 11.5. The van der Waals surface area contributed by atoms with Crippen LogP contribution >= 0.6 is 11.6 Å². The maximum Gasteiger partial charge on any atom is 0.264 e. The Kier molecular flexibility index (Phi) is 9.94. The summed E-state index contributed by atoms with van der Waals surface area (Å²) in [4.78, 5) is 28.4. The zero-order valence-electron chi connectivity index (χ0n) is 22.1. The van der Waals surface area contributed by atoms with E-state index in [-0.39, 0.29) is 23.4 Å². The minimum absolute atomic E-state index is 0.00608. The number of sulfonamides is 1. The van der Waals surface area contributed by atoms with Crippen LogP contribution in [-0.2, 0) is 26.2 Å². The van der Waals surface area contributed by atoms with Crippen molar-refractivity contribution in [2.45, 2.75) is 57.6 Å². The molecule has 1 N–H and O–H groups in total. The third kappa shape index (κ3) is 7.14. The minimum Gasteiger partial charge on any atom is -0.352 e. The molecule has 0 aliphatic rings. The van der Waals surface area contributed by atoms with E-state index in [0.29, 0.717) is 10.7 Å². The average molecular weight is 556 g/mol. The van der Waals surface area contributed by atoms with Gasteiger partial charge in [-0.3, -0.25) is 13.9 Å². The van der Waals surface area contributed by atoms with Crippen LogP contribution in [0.2, 0.25) is 5.02 Å². The Bertz CT molecular complexity index is 1350. The Morgan fingerprint density at radius 3 is 2.13 bits per heavy atom. The van der Waals surface area contributed by atoms with Gasteiger partial charge >= 0.3 is 0 Å². The van der Waals surface area contributed by atoms with Gasteiger partial charge in [0.05, 0.1) is 10.6 Å². The summed E-state index contributed by atoms with van der Waals surface area (Å²) in [7, 11) is -4.12. The quantitative estimate of drug-likeness (QED) is 0.353. The van der Waals surface area contributed by atoms with Crippen LogP contribution in [0.5, 0.6) is 0 Å². The van der Waals surface area contributed by atoms with E-state index in [1.807, 2.05) is 45.0 Å². The number of halogens is 1. The minimum atomic E-state index is -4.12. The fraction of sp³-hybridized carbons (Fsp3) is 0.310. The van der Waals surface area contributed by atoms with Crippen molar-refractivity contribution in [3.8, 4) is 0 Å². The topological polar surface area (TPSA) is 86.8 Å². The predicted molar refractivity (Wildman–Crippen MR) is 152 cm³/mol. The first-order chi connectivity index (χ1) is 18.0. The number of carbonyl (C=O) groups is 2. The smallest absolute Gasteiger partial charge is 0.264 e. The SMILES string of the molecule is CC[C@H](C)NC(=O)[C@H](C)N(Cc1ccccc1C)C(=O)CN(c1ccccc1)S(=O)(=O)c1ccc(Cl)cc1. The van der Waals surface area contributed by atoms with E-state index in [2.05, 4.69) is 5.32 Å². The Labute approximate surface area is 230 Å². The molecule has 0 aromatic heterocycles. The predicted octanol–water partition coefficient (Wildman–Crippen LogP) is 5.18. The molecular weight excluding hydrogens is 522 g/mol. The van der Waals surface area contributed by atoms with Gasteiger partial charge in [0.25, 0.3) is 10.0 Å². The molecule has 0 bridgehead atoms. The van der Waals surface area contributed by atoms with Crippen LogP contribution in [0, 0.1) is 6.92 Å². The number of anilines is 1. The molecule has 2 amide bonds. The summed E-state index contributed by atoms with van der Waals surface area (Å²) in [6.07, 6.45) is 0.741. The van der Waals surface area contributed by atoms with Gasteiger partial charge in [-0.1, -0.05) is 61.0 Å². The number of nitrogens with one attached hydrogen (secondary N) is 1. The summed E-state index contributed by atoms with van der Waals surface area (Å²) in [6.45, 7) is 7.13. The monoisotopic (exact) mass is 555 g/mol. The van der Waals surface area contributed by atoms with E-state index in [1.54, 1.807) is 37.3 Å². The number of rotatable bonds is 11. The first kappa shape index (κ1) is 29.2. The number of carbonyl (C=O) groups excluding carboxylic acids is 2. The lowest BCUT2D eigenvalue weighted by atomic mass is 10.1. The van der Waals surface area contributed by atoms with Crippen molar-refractivity contribution in [3.05, 3.63) is 95.0 Å². The second kappa shape index (κ2) is 12.9. The Morgan fingerprint density at radius 2 is 1.53 bits per heavy atom. The second-order valence-electron chi connectivity index (χ2n) is 9.24. The van der Waals surface area contributed by atoms with Crippen molar-refractivity contribution in [1.82, 2.24) is 10.2 Å². The summed E-state index contributed by atoms with van der Waals surface area (Å²) in [5.74, 6) is -0.797. The van der Waals surface area contributed by atoms with Gasteiger partial charge in [-0.15, -0.1) is 0 Å². The zero-order valence-corrected chi connectivity index (χ0v) is 23.7. The highest BCUT2D eigenvalue weighted by molar-refractivity contribution is 7.92. The highest BCUT2D eigenvalue weighted by Gasteiger charge is 2.32. The van der Waals surface area contributed by atoms with Crippen molar-refractivity contribution in [3.63, 3.8) is 0 Å². The van der Waals surface area contributed by atoms with Crippen molar-refractivity contribution in [2.24, 2.45) is 0 Å². The highest BCUT2D eigenvalue weighted by atomic mass is 35.5. The number of nitrogens with zero attached hydrogens (tertiary/aromatic N) is 2. The van der Waals surface area contributed by atoms with E-state index in [9.17, 15) is 18.0 Å². The van der Waals surface area contributed by atoms with Crippen molar-refractivity contribution in [2.75, 3.05) is 10.8 Å². The van der Waals surface area contributed by atoms with Gasteiger partial charge in [-0.25, -0.2) is 8.42 Å². The summed E-state index contributed by atoms with van der Waals surface area (Å²) in [6, 6.07) is 21.0. The molecule has 0 saturated carbocycles. The van der Waals surface area contributed by atoms with Crippen LogP contribution in [0.25, 0.3) is 0 Å². The van der Waals surface area contributed by atoms with Gasteiger partial charge in [-0.2, -0.15) is 0 Å². The van der Waals surface area contributed by atoms with Crippen LogP contribution in [0.4, 0.5) is 5.69 Å². The summed E-state index contributed by atoms with van der Waals surface area (Å²) in [5, 5.41) is 3.33. The van der Waals surface area contributed by atoms with E-state index in [4.69, 9.17) is 11.6 Å². The fourth-order valence-electron chi connectivity index (χ4n) is 3.88. The average Bonchev–Trinajstić information content (AvgIpc) is 2.91. The van der Waals surface area contributed by atoms with Crippen LogP contribution in [-0.4, -0.2) is 43.8 Å². The largest absolute Gasteiger partial charge is 0.352 e. The molecule has 3 aromatic carbocycles. The van der Waals surface area contributed by atoms with Crippen LogP contribution in [0.1, 0.15) is 38.3 Å². The van der Waals surface area contributed by atoms with Crippen LogP contribution in [0.15, 0.2) is 83.8 Å². The molecule has 0 saturated heterocycles. The van der Waals surface area contributed by atoms with E-state index < -0.39 is 28.5 Å². The van der Waals surface area contributed by atoms with E-state index >= 15 is 0 Å². The Balaban J connectivity index is 2.01. The lowest BCUT2D eigenvalue weighted by Gasteiger charge is -2.32. The Morgan fingerprint density at radius 1 is 0.921 bits per heavy atom. The molecule has 3 aromatic rings. The molecule has 0 aliphatic heterocycles. The van der Waals surface area contributed by atoms with Gasteiger partial charge in [0.1, 0.15) is 12.6 Å². The fourth-order valence-corrected chi connectivity index (χ4v) is 5.42. The van der Waals surface area contributed by atoms with Crippen LogP contribution < -0.4 is 9.62 Å². The normalized spacial score (nSPS) is 12.9. The van der Waals surface area contributed by atoms with Gasteiger partial charge in [-0.05, 0) is 74.7 Å². The third-order valence-electron chi connectivity index (χ3n) is 6.49. The number of benzene rings is 3. The van der Waals surface area contributed by atoms with E-state index in [0.717, 1.165) is 21.9 Å². The standard InChI is InChI=1S/C29H34ClN3O4S/c1-5-22(3)31-29(35)23(4)32(19-24-12-10-9-11-21(24)2)28(34)20-33(26-13-7-6-8-14-26)38(36,37)27-17-15-25(30)16-18-27/h6-18,22-23H,5,19-20H2,1-4H3,(H,31,35)/t22-,23-/m0/s1. The third-order valence-corrected chi connectivity index (χ3v) is 8.54. The number of hydrogen-bond donors (Lipinski definition) is 1. The van der Waals surface area contributed by atoms with E-state index in [1.165, 1.54) is 29.2 Å². The number of aryl methyl sites for hydroxylation is 1. The maximum absolute atomic E-state index is 13.9. The molecule has 3 rings (SSSR count). The summed E-state index contributed by atoms with van der Waals surface area (Å²) in [5.41, 5.74) is 2.17. The number of amides is 2. The molecule has 9 heteroatoms. The van der Waals surface area contributed by atoms with Gasteiger partial charge < -0.3 is 10.2 Å². The van der Waals surface area contributed by atoms with Gasteiger partial charge in [0.2, 0.25) is 11.8 Å². The van der Waals surface area contributed by atoms with Crippen molar-refractivity contribution >= 4 is 39.1 Å². The first-order valence-corrected chi connectivity index (χ1v) is 14.3.